The monoisotopic (exact) mass is 437 g/mol. The fourth-order valence-corrected chi connectivity index (χ4v) is 8.31. The Kier molecular flexibility index (Phi) is 4.46. The predicted octanol–water partition coefficient (Wildman–Crippen LogP) is 3.73. The molecule has 2 heterocycles. The first-order chi connectivity index (χ1) is 13.8. The Labute approximate surface area is 172 Å². The van der Waals surface area contributed by atoms with Crippen LogP contribution in [0.5, 0.6) is 0 Å². The molecule has 8 heteroatoms. The van der Waals surface area contributed by atoms with Crippen molar-refractivity contribution in [1.82, 2.24) is 0 Å². The predicted molar refractivity (Wildman–Crippen MR) is 108 cm³/mol. The van der Waals surface area contributed by atoms with Gasteiger partial charge in [-0.15, -0.1) is 0 Å². The Morgan fingerprint density at radius 1 is 1.03 bits per heavy atom. The first kappa shape index (κ1) is 19.3. The minimum Gasteiger partial charge on any atom is -0.616 e. The molecule has 0 amide bonds. The molecule has 2 aromatic rings. The van der Waals surface area contributed by atoms with Crippen LogP contribution in [0.4, 0.5) is 14.5 Å². The van der Waals surface area contributed by atoms with Crippen LogP contribution in [0.1, 0.15) is 31.2 Å². The van der Waals surface area contributed by atoms with Crippen LogP contribution in [0.2, 0.25) is 0 Å². The van der Waals surface area contributed by atoms with Crippen LogP contribution in [0, 0.1) is 17.6 Å². The Balaban J connectivity index is 1.71. The smallest absolute Gasteiger partial charge is 0.264 e. The van der Waals surface area contributed by atoms with Gasteiger partial charge in [-0.05, 0) is 55.2 Å². The van der Waals surface area contributed by atoms with E-state index in [1.54, 1.807) is 6.07 Å². The lowest BCUT2D eigenvalue weighted by Gasteiger charge is -2.41. The van der Waals surface area contributed by atoms with E-state index in [0.29, 0.717) is 35.6 Å². The molecule has 5 rings (SSSR count). The van der Waals surface area contributed by atoms with Gasteiger partial charge in [0.25, 0.3) is 10.0 Å². The second-order valence-corrected chi connectivity index (χ2v) is 11.7. The van der Waals surface area contributed by atoms with E-state index in [0.717, 1.165) is 25.0 Å². The number of anilines is 1. The van der Waals surface area contributed by atoms with Crippen molar-refractivity contribution in [3.63, 3.8) is 0 Å². The van der Waals surface area contributed by atoms with Crippen LogP contribution >= 0.6 is 0 Å². The van der Waals surface area contributed by atoms with Gasteiger partial charge in [0.05, 0.1) is 16.6 Å². The Hall–Kier alpha value is -1.64. The minimum absolute atomic E-state index is 0.00352. The third-order valence-electron chi connectivity index (χ3n) is 6.54. The van der Waals surface area contributed by atoms with Crippen molar-refractivity contribution in [3.8, 4) is 0 Å². The highest BCUT2D eigenvalue weighted by atomic mass is 32.2. The van der Waals surface area contributed by atoms with Crippen molar-refractivity contribution in [3.05, 3.63) is 59.7 Å². The van der Waals surface area contributed by atoms with Gasteiger partial charge in [-0.3, -0.25) is 4.31 Å². The van der Waals surface area contributed by atoms with Crippen molar-refractivity contribution < 1.29 is 21.8 Å². The fourth-order valence-electron chi connectivity index (χ4n) is 5.13. The normalized spacial score (nSPS) is 29.3. The molecule has 1 unspecified atom stereocenters. The van der Waals surface area contributed by atoms with Crippen LogP contribution in [-0.4, -0.2) is 30.5 Å². The zero-order chi connectivity index (χ0) is 20.4. The largest absolute Gasteiger partial charge is 0.616 e. The molecule has 2 aliphatic heterocycles. The van der Waals surface area contributed by atoms with Crippen LogP contribution in [0.25, 0.3) is 0 Å². The molecule has 1 saturated carbocycles. The lowest BCUT2D eigenvalue weighted by molar-refractivity contribution is 0.300. The molecule has 0 bridgehead atoms. The molecular formula is C21H21F2NO3S2. The molecule has 1 saturated heterocycles. The maximum Gasteiger partial charge on any atom is 0.264 e. The zero-order valence-corrected chi connectivity index (χ0v) is 17.3. The summed E-state index contributed by atoms with van der Waals surface area (Å²) in [6.45, 7) is 0. The van der Waals surface area contributed by atoms with E-state index >= 15 is 4.39 Å². The molecule has 1 aliphatic carbocycles. The highest BCUT2D eigenvalue weighted by Gasteiger charge is 2.61. The first-order valence-electron chi connectivity index (χ1n) is 9.78. The van der Waals surface area contributed by atoms with Gasteiger partial charge in [0, 0.05) is 23.8 Å². The summed E-state index contributed by atoms with van der Waals surface area (Å²) in [6, 6.07) is 8.94. The molecule has 0 aromatic heterocycles. The zero-order valence-electron chi connectivity index (χ0n) is 15.7. The van der Waals surface area contributed by atoms with E-state index < -0.39 is 44.3 Å². The lowest BCUT2D eigenvalue weighted by Crippen LogP contribution is -2.52. The average Bonchev–Trinajstić information content (AvgIpc) is 3.48. The number of halogens is 2. The molecule has 2 aromatic carbocycles. The summed E-state index contributed by atoms with van der Waals surface area (Å²) in [5, 5.41) is 0. The molecule has 4 nitrogen and oxygen atoms in total. The third-order valence-corrected chi connectivity index (χ3v) is 9.66. The maximum atomic E-state index is 15.1. The van der Waals surface area contributed by atoms with Crippen molar-refractivity contribution >= 4 is 26.9 Å². The summed E-state index contributed by atoms with van der Waals surface area (Å²) < 4.78 is 69.4. The lowest BCUT2D eigenvalue weighted by atomic mass is 9.70. The molecule has 3 aliphatic rings. The van der Waals surface area contributed by atoms with E-state index in [1.165, 1.54) is 28.6 Å². The summed E-state index contributed by atoms with van der Waals surface area (Å²) in [7, 11) is -4.00. The van der Waals surface area contributed by atoms with Crippen molar-refractivity contribution in [2.24, 2.45) is 5.92 Å². The molecule has 0 radical (unpaired) electrons. The summed E-state index contributed by atoms with van der Waals surface area (Å²) in [5.74, 6) is 0.117. The highest BCUT2D eigenvalue weighted by molar-refractivity contribution is 7.93. The van der Waals surface area contributed by atoms with Gasteiger partial charge in [-0.1, -0.05) is 17.2 Å². The van der Waals surface area contributed by atoms with E-state index in [-0.39, 0.29) is 10.8 Å². The summed E-state index contributed by atoms with van der Waals surface area (Å²) >= 11 is -0.957. The van der Waals surface area contributed by atoms with E-state index in [1.807, 2.05) is 0 Å². The molecule has 154 valence electrons. The number of sulfonamides is 1. The Bertz CT molecular complexity index is 1050. The van der Waals surface area contributed by atoms with Gasteiger partial charge in [-0.2, -0.15) is 0 Å². The van der Waals surface area contributed by atoms with Crippen LogP contribution in [-0.2, 0) is 26.6 Å². The molecule has 0 N–H and O–H groups in total. The summed E-state index contributed by atoms with van der Waals surface area (Å²) in [6.07, 6.45) is 2.79. The Morgan fingerprint density at radius 2 is 1.69 bits per heavy atom. The second kappa shape index (κ2) is 6.68. The van der Waals surface area contributed by atoms with Crippen molar-refractivity contribution in [2.45, 2.75) is 42.0 Å². The third kappa shape index (κ3) is 2.91. The van der Waals surface area contributed by atoms with Gasteiger partial charge in [0.15, 0.2) is 0 Å². The number of nitrogens with zero attached hydrogens (tertiary/aromatic N) is 1. The SMILES string of the molecule is O=S(=O)(c1ccc(F)cc1)N1c2cccc(F)c2C2(CC[S+]([O-])CC2)C1C1CC1. The number of benzene rings is 2. The van der Waals surface area contributed by atoms with Crippen molar-refractivity contribution in [2.75, 3.05) is 15.8 Å². The van der Waals surface area contributed by atoms with Gasteiger partial charge in [0.1, 0.15) is 23.1 Å². The molecule has 29 heavy (non-hydrogen) atoms. The number of hydrogen-bond acceptors (Lipinski definition) is 3. The molecule has 1 spiro atoms. The maximum absolute atomic E-state index is 15.1. The summed E-state index contributed by atoms with van der Waals surface area (Å²) in [5.41, 5.74) is 0.154. The van der Waals surface area contributed by atoms with Crippen LogP contribution in [0.3, 0.4) is 0 Å². The van der Waals surface area contributed by atoms with Gasteiger partial charge < -0.3 is 4.55 Å². The number of hydrogen-bond donors (Lipinski definition) is 0. The molecule has 2 fully saturated rings. The molecular weight excluding hydrogens is 416 g/mol. The molecule has 1 atom stereocenters. The van der Waals surface area contributed by atoms with Gasteiger partial charge in [-0.25, -0.2) is 17.2 Å². The Morgan fingerprint density at radius 3 is 2.31 bits per heavy atom. The summed E-state index contributed by atoms with van der Waals surface area (Å²) in [4.78, 5) is -0.00352. The van der Waals surface area contributed by atoms with Crippen LogP contribution < -0.4 is 4.31 Å². The van der Waals surface area contributed by atoms with E-state index in [4.69, 9.17) is 0 Å². The fraction of sp³-hybridized carbons (Fsp3) is 0.429. The van der Waals surface area contributed by atoms with E-state index in [2.05, 4.69) is 0 Å². The average molecular weight is 438 g/mol. The second-order valence-electron chi connectivity index (χ2n) is 8.18. The quantitative estimate of drug-likeness (QED) is 0.688. The van der Waals surface area contributed by atoms with E-state index in [9.17, 15) is 17.4 Å². The van der Waals surface area contributed by atoms with Gasteiger partial charge in [0.2, 0.25) is 0 Å². The van der Waals surface area contributed by atoms with Gasteiger partial charge >= 0.3 is 0 Å². The number of fused-ring (bicyclic) bond motifs is 2. The topological polar surface area (TPSA) is 60.4 Å². The highest BCUT2D eigenvalue weighted by Crippen LogP contribution is 2.59. The standard InChI is InChI=1S/C21H21F2NO3S2/c22-15-6-8-16(9-7-15)29(26,27)24-18-3-1-2-17(23)19(18)21(20(24)14-4-5-14)10-12-28(25)13-11-21/h1-3,6-9,14,20H,4-5,10-13H2. The van der Waals surface area contributed by atoms with Crippen molar-refractivity contribution in [1.29, 1.82) is 0 Å². The minimum atomic E-state index is -4.00. The first-order valence-corrected chi connectivity index (χ1v) is 12.7. The van der Waals surface area contributed by atoms with Crippen LogP contribution in [0.15, 0.2) is 47.4 Å². The number of rotatable bonds is 3.